The third kappa shape index (κ3) is 7.25. The number of benzene rings is 7. The normalized spacial score (nSPS) is 13.7. The van der Waals surface area contributed by atoms with Gasteiger partial charge in [0.1, 0.15) is 11.2 Å². The molecular formula is C55H47N3O. The minimum atomic E-state index is 0.315. The standard InChI is InChI=1S/C55H47N3O/c1-3-5-12-36-21-23-44-34-45(31-30-42(44)32-36)54-56-53(41-27-24-38(25-28-41)43-29-26-39-22-20-37(13-6-4-2)33-46(39)35-43)57-55(58-54)49-18-11-19-50-51(49)48-17-10-16-47(52(48)59-50)40-14-8-7-9-15-40/h7-11,14-34,43H,3-6,12-13,35H2,1-2H3. The Balaban J connectivity index is 1.07. The number of rotatable bonds is 11. The van der Waals surface area contributed by atoms with E-state index in [1.807, 2.05) is 18.2 Å². The lowest BCUT2D eigenvalue weighted by Gasteiger charge is -2.21. The van der Waals surface area contributed by atoms with Gasteiger partial charge in [-0.3, -0.25) is 0 Å². The van der Waals surface area contributed by atoms with Crippen molar-refractivity contribution < 1.29 is 4.42 Å². The van der Waals surface area contributed by atoms with Crippen molar-refractivity contribution in [3.8, 4) is 45.3 Å². The average molecular weight is 766 g/mol. The second-order valence-corrected chi connectivity index (χ2v) is 16.1. The molecule has 7 aromatic carbocycles. The first kappa shape index (κ1) is 36.7. The Kier molecular flexibility index (Phi) is 9.91. The Bertz CT molecular complexity index is 2990. The highest BCUT2D eigenvalue weighted by molar-refractivity contribution is 6.15. The van der Waals surface area contributed by atoms with Gasteiger partial charge < -0.3 is 4.42 Å². The van der Waals surface area contributed by atoms with E-state index >= 15 is 0 Å². The smallest absolute Gasteiger partial charge is 0.164 e. The van der Waals surface area contributed by atoms with Crippen LogP contribution in [0.3, 0.4) is 0 Å². The van der Waals surface area contributed by atoms with Crippen LogP contribution in [0.5, 0.6) is 0 Å². The molecule has 0 radical (unpaired) electrons. The second kappa shape index (κ2) is 15.9. The maximum absolute atomic E-state index is 6.65. The van der Waals surface area contributed by atoms with Crippen molar-refractivity contribution in [2.24, 2.45) is 0 Å². The summed E-state index contributed by atoms with van der Waals surface area (Å²) >= 11 is 0. The summed E-state index contributed by atoms with van der Waals surface area (Å²) < 4.78 is 6.65. The van der Waals surface area contributed by atoms with Crippen molar-refractivity contribution in [2.45, 2.75) is 64.7 Å². The molecule has 0 saturated heterocycles. The Morgan fingerprint density at radius 1 is 0.559 bits per heavy atom. The maximum atomic E-state index is 6.65. The average Bonchev–Trinajstić information content (AvgIpc) is 3.69. The van der Waals surface area contributed by atoms with E-state index in [9.17, 15) is 0 Å². The topological polar surface area (TPSA) is 51.8 Å². The van der Waals surface area contributed by atoms with E-state index in [0.29, 0.717) is 23.4 Å². The Hall–Kier alpha value is -6.65. The summed E-state index contributed by atoms with van der Waals surface area (Å²) in [6, 6.07) is 52.2. The molecule has 4 heteroatoms. The number of aromatic nitrogens is 3. The van der Waals surface area contributed by atoms with Crippen LogP contribution in [0.1, 0.15) is 73.3 Å². The predicted molar refractivity (Wildman–Crippen MR) is 245 cm³/mol. The fourth-order valence-corrected chi connectivity index (χ4v) is 8.77. The largest absolute Gasteiger partial charge is 0.455 e. The second-order valence-electron chi connectivity index (χ2n) is 16.1. The van der Waals surface area contributed by atoms with E-state index in [-0.39, 0.29) is 0 Å². The van der Waals surface area contributed by atoms with E-state index in [2.05, 4.69) is 153 Å². The fourth-order valence-electron chi connectivity index (χ4n) is 8.77. The van der Waals surface area contributed by atoms with E-state index in [4.69, 9.17) is 19.4 Å². The number of fused-ring (bicyclic) bond motifs is 5. The number of nitrogens with zero attached hydrogens (tertiary/aromatic N) is 3. The molecule has 1 aliphatic carbocycles. The van der Waals surface area contributed by atoms with Crippen LogP contribution in [0, 0.1) is 0 Å². The van der Waals surface area contributed by atoms with Gasteiger partial charge in [-0.05, 0) is 88.4 Å². The molecule has 1 aliphatic rings. The summed E-state index contributed by atoms with van der Waals surface area (Å²) in [6.07, 6.45) is 12.7. The van der Waals surface area contributed by atoms with Gasteiger partial charge in [-0.15, -0.1) is 0 Å². The maximum Gasteiger partial charge on any atom is 0.164 e. The van der Waals surface area contributed by atoms with Crippen LogP contribution in [0.2, 0.25) is 0 Å². The van der Waals surface area contributed by atoms with Crippen molar-refractivity contribution >= 4 is 38.8 Å². The van der Waals surface area contributed by atoms with E-state index in [1.54, 1.807) is 0 Å². The molecule has 0 saturated carbocycles. The number of allylic oxidation sites excluding steroid dienone is 1. The summed E-state index contributed by atoms with van der Waals surface area (Å²) in [5.74, 6) is 2.22. The van der Waals surface area contributed by atoms with Crippen molar-refractivity contribution in [1.82, 2.24) is 15.0 Å². The molecule has 0 amide bonds. The molecule has 1 unspecified atom stereocenters. The third-order valence-electron chi connectivity index (χ3n) is 12.0. The van der Waals surface area contributed by atoms with Gasteiger partial charge in [0, 0.05) is 38.9 Å². The number of furan rings is 1. The third-order valence-corrected chi connectivity index (χ3v) is 12.0. The highest BCUT2D eigenvalue weighted by Crippen LogP contribution is 2.41. The molecule has 0 fully saturated rings. The minimum absolute atomic E-state index is 0.315. The molecule has 10 rings (SSSR count). The molecule has 0 aliphatic heterocycles. The molecular weight excluding hydrogens is 719 g/mol. The quantitative estimate of drug-likeness (QED) is 0.132. The molecule has 2 aromatic heterocycles. The molecule has 2 heterocycles. The zero-order chi connectivity index (χ0) is 39.7. The van der Waals surface area contributed by atoms with Crippen molar-refractivity contribution in [1.29, 1.82) is 0 Å². The van der Waals surface area contributed by atoms with Crippen LogP contribution < -0.4 is 0 Å². The van der Waals surface area contributed by atoms with Crippen LogP contribution in [-0.2, 0) is 19.3 Å². The van der Waals surface area contributed by atoms with Crippen molar-refractivity contribution in [3.63, 3.8) is 0 Å². The lowest BCUT2D eigenvalue weighted by atomic mass is 9.84. The molecule has 9 aromatic rings. The monoisotopic (exact) mass is 765 g/mol. The lowest BCUT2D eigenvalue weighted by molar-refractivity contribution is 0.670. The summed E-state index contributed by atoms with van der Waals surface area (Å²) in [6.45, 7) is 4.50. The highest BCUT2D eigenvalue weighted by Gasteiger charge is 2.21. The summed E-state index contributed by atoms with van der Waals surface area (Å²) in [7, 11) is 0. The van der Waals surface area contributed by atoms with Crippen LogP contribution in [0.15, 0.2) is 156 Å². The van der Waals surface area contributed by atoms with Crippen LogP contribution in [-0.4, -0.2) is 15.0 Å². The first-order chi connectivity index (χ1) is 29.1. The minimum Gasteiger partial charge on any atom is -0.455 e. The molecule has 59 heavy (non-hydrogen) atoms. The predicted octanol–water partition coefficient (Wildman–Crippen LogP) is 14.6. The molecule has 0 bridgehead atoms. The van der Waals surface area contributed by atoms with Crippen LogP contribution in [0.4, 0.5) is 0 Å². The van der Waals surface area contributed by atoms with E-state index in [0.717, 1.165) is 69.0 Å². The molecule has 288 valence electrons. The van der Waals surface area contributed by atoms with Crippen LogP contribution in [0.25, 0.3) is 84.1 Å². The van der Waals surface area contributed by atoms with Gasteiger partial charge in [0.2, 0.25) is 0 Å². The Labute approximate surface area is 346 Å². The van der Waals surface area contributed by atoms with Gasteiger partial charge in [0.25, 0.3) is 0 Å². The number of aryl methyl sites for hydroxylation is 2. The van der Waals surface area contributed by atoms with Crippen molar-refractivity contribution in [3.05, 3.63) is 179 Å². The first-order valence-corrected chi connectivity index (χ1v) is 21.3. The zero-order valence-corrected chi connectivity index (χ0v) is 33.8. The summed E-state index contributed by atoms with van der Waals surface area (Å²) in [5.41, 5.74) is 13.5. The van der Waals surface area contributed by atoms with Gasteiger partial charge in [0.15, 0.2) is 17.5 Å². The molecule has 0 N–H and O–H groups in total. The number of para-hydroxylation sites is 1. The van der Waals surface area contributed by atoms with Gasteiger partial charge in [0.05, 0.1) is 0 Å². The molecule has 4 nitrogen and oxygen atoms in total. The first-order valence-electron chi connectivity index (χ1n) is 21.3. The van der Waals surface area contributed by atoms with Crippen molar-refractivity contribution in [2.75, 3.05) is 0 Å². The molecule has 0 spiro atoms. The van der Waals surface area contributed by atoms with Gasteiger partial charge >= 0.3 is 0 Å². The summed E-state index contributed by atoms with van der Waals surface area (Å²) in [4.78, 5) is 15.7. The number of unbranched alkanes of at least 4 members (excludes halogenated alkanes) is 2. The fraction of sp³-hybridized carbons (Fsp3) is 0.182. The lowest BCUT2D eigenvalue weighted by Crippen LogP contribution is -2.06. The highest BCUT2D eigenvalue weighted by atomic mass is 16.3. The Morgan fingerprint density at radius 2 is 1.24 bits per heavy atom. The van der Waals surface area contributed by atoms with Crippen LogP contribution >= 0.6 is 0 Å². The summed E-state index contributed by atoms with van der Waals surface area (Å²) in [5, 5.41) is 4.44. The van der Waals surface area contributed by atoms with E-state index < -0.39 is 0 Å². The SMILES string of the molecule is CCCCc1ccc2c(c1)CC(c1ccc(-c3nc(-c4ccc5cc(CCCC)ccc5c4)nc(-c4cccc5oc6c(-c7ccccc7)cccc6c45)n3)cc1)C=C2. The molecule has 1 atom stereocenters. The number of hydrogen-bond acceptors (Lipinski definition) is 4. The van der Waals surface area contributed by atoms with Gasteiger partial charge in [-0.1, -0.05) is 172 Å². The van der Waals surface area contributed by atoms with Gasteiger partial charge in [-0.25, -0.2) is 15.0 Å². The van der Waals surface area contributed by atoms with Gasteiger partial charge in [-0.2, -0.15) is 0 Å². The Morgan fingerprint density at radius 3 is 2.05 bits per heavy atom. The zero-order valence-electron chi connectivity index (χ0n) is 33.8. The van der Waals surface area contributed by atoms with E-state index in [1.165, 1.54) is 64.3 Å². The number of hydrogen-bond donors (Lipinski definition) is 0.